The van der Waals surface area contributed by atoms with Gasteiger partial charge < -0.3 is 0 Å². The maximum Gasteiger partial charge on any atom is 0.218 e. The van der Waals surface area contributed by atoms with Crippen LogP contribution in [0.3, 0.4) is 0 Å². The zero-order chi connectivity index (χ0) is 8.27. The van der Waals surface area contributed by atoms with Crippen molar-refractivity contribution in [1.29, 1.82) is 0 Å². The summed E-state index contributed by atoms with van der Waals surface area (Å²) in [5, 5.41) is 1.62. The number of aromatic nitrogens is 1. The second-order valence-electron chi connectivity index (χ2n) is 2.14. The Morgan fingerprint density at radius 1 is 1.55 bits per heavy atom. The zero-order valence-corrected chi connectivity index (χ0v) is 6.16. The molecule has 1 aromatic rings. The summed E-state index contributed by atoms with van der Waals surface area (Å²) in [7, 11) is 0. The molecule has 0 spiro atoms. The van der Waals surface area contributed by atoms with Crippen LogP contribution in [0.1, 0.15) is 0 Å². The van der Waals surface area contributed by atoms with E-state index in [0.717, 1.165) is 17.0 Å². The van der Waals surface area contributed by atoms with E-state index in [2.05, 4.69) is 13.2 Å². The van der Waals surface area contributed by atoms with Gasteiger partial charge in [0.1, 0.15) is 0 Å². The molecule has 1 aromatic heterocycles. The van der Waals surface area contributed by atoms with Crippen molar-refractivity contribution in [3.63, 3.8) is 0 Å². The van der Waals surface area contributed by atoms with Crippen LogP contribution < -0.4 is 10.6 Å². The Kier molecular flexibility index (Phi) is 2.06. The molecular formula is C9H9NO. The van der Waals surface area contributed by atoms with E-state index in [1.807, 2.05) is 0 Å². The van der Waals surface area contributed by atoms with Gasteiger partial charge in [0.05, 0.1) is 5.35 Å². The molecule has 1 rings (SSSR count). The van der Waals surface area contributed by atoms with Crippen LogP contribution in [0, 0.1) is 0 Å². The minimum Gasteiger partial charge on any atom is -0.290 e. The number of nitrogens with zero attached hydrogens (tertiary/aromatic N) is 1. The summed E-state index contributed by atoms with van der Waals surface area (Å²) in [4.78, 5) is 10.4. The molecule has 1 heterocycles. The third-order valence-electron chi connectivity index (χ3n) is 1.43. The number of rotatable bonds is 2. The predicted molar refractivity (Wildman–Crippen MR) is 46.0 cm³/mol. The molecule has 0 unspecified atom stereocenters. The van der Waals surface area contributed by atoms with Crippen LogP contribution in [0.4, 0.5) is 0 Å². The number of hydrogen-bond donors (Lipinski definition) is 0. The standard InChI is InChI=1S/C9H9NO/c1-3-4-9-8(2)5-6-10(9)7-11/h3-7H,1-2H2/b9-4+. The molecule has 0 N–H and O–H groups in total. The first-order valence-electron chi connectivity index (χ1n) is 3.23. The highest BCUT2D eigenvalue weighted by molar-refractivity contribution is 5.54. The summed E-state index contributed by atoms with van der Waals surface area (Å²) in [6.45, 7) is 7.29. The molecule has 0 saturated carbocycles. The number of carbonyl (C=O) groups excluding carboxylic acids is 1. The van der Waals surface area contributed by atoms with Gasteiger partial charge in [-0.05, 0) is 17.4 Å². The molecule has 0 fully saturated rings. The van der Waals surface area contributed by atoms with Crippen molar-refractivity contribution in [2.45, 2.75) is 0 Å². The van der Waals surface area contributed by atoms with Crippen LogP contribution in [-0.4, -0.2) is 11.0 Å². The molecular weight excluding hydrogens is 138 g/mol. The number of allylic oxidation sites excluding steroid dienone is 1. The molecule has 0 aromatic carbocycles. The highest BCUT2D eigenvalue weighted by Gasteiger charge is 1.88. The summed E-state index contributed by atoms with van der Waals surface area (Å²) in [6, 6.07) is 1.78. The quantitative estimate of drug-likeness (QED) is 0.535. The summed E-state index contributed by atoms with van der Waals surface area (Å²) < 4.78 is 1.46. The van der Waals surface area contributed by atoms with Gasteiger partial charge in [-0.15, -0.1) is 0 Å². The molecule has 2 heteroatoms. The van der Waals surface area contributed by atoms with Crippen molar-refractivity contribution in [3.8, 4) is 0 Å². The number of carbonyl (C=O) groups is 1. The lowest BCUT2D eigenvalue weighted by Crippen LogP contribution is -2.27. The van der Waals surface area contributed by atoms with E-state index >= 15 is 0 Å². The Morgan fingerprint density at radius 3 is 2.82 bits per heavy atom. The fourth-order valence-electron chi connectivity index (χ4n) is 0.898. The van der Waals surface area contributed by atoms with Gasteiger partial charge in [-0.1, -0.05) is 19.2 Å². The first kappa shape index (κ1) is 7.54. The van der Waals surface area contributed by atoms with E-state index in [9.17, 15) is 4.79 Å². The van der Waals surface area contributed by atoms with Gasteiger partial charge in [0.15, 0.2) is 0 Å². The maximum absolute atomic E-state index is 10.4. The van der Waals surface area contributed by atoms with E-state index in [1.54, 1.807) is 24.4 Å². The average Bonchev–Trinajstić information content (AvgIpc) is 2.34. The highest BCUT2D eigenvalue weighted by Crippen LogP contribution is 1.70. The van der Waals surface area contributed by atoms with Crippen molar-refractivity contribution >= 4 is 19.1 Å². The lowest BCUT2D eigenvalue weighted by atomic mass is 10.4. The van der Waals surface area contributed by atoms with E-state index < -0.39 is 0 Å². The molecule has 56 valence electrons. The fourth-order valence-corrected chi connectivity index (χ4v) is 0.898. The van der Waals surface area contributed by atoms with Gasteiger partial charge in [-0.2, -0.15) is 0 Å². The van der Waals surface area contributed by atoms with Crippen molar-refractivity contribution in [2.75, 3.05) is 0 Å². The predicted octanol–water partition coefficient (Wildman–Crippen LogP) is -0.0968. The smallest absolute Gasteiger partial charge is 0.218 e. The van der Waals surface area contributed by atoms with Crippen molar-refractivity contribution in [3.05, 3.63) is 35.5 Å². The van der Waals surface area contributed by atoms with Crippen LogP contribution in [0.25, 0.3) is 12.7 Å². The highest BCUT2D eigenvalue weighted by atomic mass is 16.1. The molecule has 0 aliphatic carbocycles. The van der Waals surface area contributed by atoms with Gasteiger partial charge >= 0.3 is 0 Å². The maximum atomic E-state index is 10.4. The second-order valence-corrected chi connectivity index (χ2v) is 2.14. The first-order chi connectivity index (χ1) is 5.29. The van der Waals surface area contributed by atoms with Crippen LogP contribution >= 0.6 is 0 Å². The Hall–Kier alpha value is -1.57. The van der Waals surface area contributed by atoms with Crippen molar-refractivity contribution in [1.82, 2.24) is 4.57 Å². The number of hydrogen-bond acceptors (Lipinski definition) is 1. The topological polar surface area (TPSA) is 22.0 Å². The Morgan fingerprint density at radius 2 is 2.27 bits per heavy atom. The van der Waals surface area contributed by atoms with Crippen LogP contribution in [0.2, 0.25) is 0 Å². The van der Waals surface area contributed by atoms with E-state index in [1.165, 1.54) is 4.57 Å². The normalized spacial score (nSPS) is 11.5. The molecule has 0 amide bonds. The third kappa shape index (κ3) is 1.29. The SMILES string of the molecule is C=C/C=c1\c(=C)ccn1C=O. The van der Waals surface area contributed by atoms with Crippen LogP contribution in [0.5, 0.6) is 0 Å². The largest absolute Gasteiger partial charge is 0.290 e. The summed E-state index contributed by atoms with van der Waals surface area (Å²) in [5.41, 5.74) is 0. The summed E-state index contributed by atoms with van der Waals surface area (Å²) in [5.74, 6) is 0. The molecule has 0 aliphatic rings. The van der Waals surface area contributed by atoms with E-state index in [-0.39, 0.29) is 0 Å². The molecule has 2 nitrogen and oxygen atoms in total. The van der Waals surface area contributed by atoms with E-state index in [4.69, 9.17) is 0 Å². The molecule has 0 atom stereocenters. The first-order valence-corrected chi connectivity index (χ1v) is 3.23. The fraction of sp³-hybridized carbons (Fsp3) is 0. The monoisotopic (exact) mass is 147 g/mol. The molecule has 0 saturated heterocycles. The van der Waals surface area contributed by atoms with Crippen LogP contribution in [-0.2, 0) is 4.79 Å². The lowest BCUT2D eigenvalue weighted by molar-refractivity contribution is 0.546. The summed E-state index contributed by atoms with van der Waals surface area (Å²) in [6.07, 6.45) is 5.79. The van der Waals surface area contributed by atoms with Gasteiger partial charge in [0.25, 0.3) is 0 Å². The Balaban J connectivity index is 3.53. The zero-order valence-electron chi connectivity index (χ0n) is 6.16. The average molecular weight is 147 g/mol. The van der Waals surface area contributed by atoms with Gasteiger partial charge in [0, 0.05) is 6.20 Å². The van der Waals surface area contributed by atoms with Gasteiger partial charge in [-0.3, -0.25) is 9.36 Å². The van der Waals surface area contributed by atoms with Gasteiger partial charge in [-0.25, -0.2) is 0 Å². The molecule has 0 aliphatic heterocycles. The molecule has 11 heavy (non-hydrogen) atoms. The van der Waals surface area contributed by atoms with Gasteiger partial charge in [0.2, 0.25) is 6.41 Å². The minimum atomic E-state index is 0.740. The Bertz CT molecular complexity index is 373. The van der Waals surface area contributed by atoms with Crippen molar-refractivity contribution in [2.24, 2.45) is 0 Å². The summed E-state index contributed by atoms with van der Waals surface area (Å²) >= 11 is 0. The molecule has 0 radical (unpaired) electrons. The third-order valence-corrected chi connectivity index (χ3v) is 1.43. The van der Waals surface area contributed by atoms with Crippen LogP contribution in [0.15, 0.2) is 24.9 Å². The Labute approximate surface area is 64.8 Å². The second kappa shape index (κ2) is 3.01. The van der Waals surface area contributed by atoms with Crippen molar-refractivity contribution < 1.29 is 4.79 Å². The van der Waals surface area contributed by atoms with E-state index in [0.29, 0.717) is 0 Å². The lowest BCUT2D eigenvalue weighted by Gasteiger charge is -1.85. The molecule has 0 bridgehead atoms. The minimum absolute atomic E-state index is 0.740.